The lowest BCUT2D eigenvalue weighted by molar-refractivity contribution is -0.136. The lowest BCUT2D eigenvalue weighted by Crippen LogP contribution is -2.54. The third-order valence-corrected chi connectivity index (χ3v) is 6.37. The Balaban J connectivity index is 1.43. The molecule has 1 aliphatic carbocycles. The molecule has 1 N–H and O–H groups in total. The van der Waals surface area contributed by atoms with Gasteiger partial charge in [0.15, 0.2) is 11.7 Å². The summed E-state index contributed by atoms with van der Waals surface area (Å²) >= 11 is 0. The SMILES string of the molecule is OC1(C2N=c3cnc4c(c3N2C2CCN(CCCC(F)(F)F)C2)C=CN=4)C=CC=CC1. The third-order valence-electron chi connectivity index (χ3n) is 6.37. The first-order valence-electron chi connectivity index (χ1n) is 10.6. The Morgan fingerprint density at radius 3 is 2.90 bits per heavy atom. The number of aliphatic hydroxyl groups is 1. The maximum absolute atomic E-state index is 12.5. The molecule has 9 heteroatoms. The molecule has 3 unspecified atom stereocenters. The van der Waals surface area contributed by atoms with Crippen LogP contribution in [0.15, 0.2) is 46.7 Å². The Hall–Kier alpha value is -2.52. The lowest BCUT2D eigenvalue weighted by atomic mass is 9.90. The molecule has 1 aromatic heterocycles. The van der Waals surface area contributed by atoms with Crippen LogP contribution in [0.5, 0.6) is 0 Å². The highest BCUT2D eigenvalue weighted by atomic mass is 19.4. The van der Waals surface area contributed by atoms with E-state index in [2.05, 4.69) is 19.8 Å². The van der Waals surface area contributed by atoms with Gasteiger partial charge >= 0.3 is 6.18 Å². The predicted octanol–water partition coefficient (Wildman–Crippen LogP) is 2.12. The van der Waals surface area contributed by atoms with E-state index in [1.807, 2.05) is 24.3 Å². The van der Waals surface area contributed by atoms with Crippen LogP contribution in [-0.2, 0) is 0 Å². The van der Waals surface area contributed by atoms with Crippen LogP contribution in [0.3, 0.4) is 0 Å². The van der Waals surface area contributed by atoms with Crippen molar-refractivity contribution in [3.05, 3.63) is 53.1 Å². The van der Waals surface area contributed by atoms with Gasteiger partial charge in [0.1, 0.15) is 11.0 Å². The van der Waals surface area contributed by atoms with E-state index < -0.39 is 24.4 Å². The summed E-state index contributed by atoms with van der Waals surface area (Å²) in [6.07, 6.45) is 8.68. The van der Waals surface area contributed by atoms with Crippen LogP contribution in [0.1, 0.15) is 31.2 Å². The lowest BCUT2D eigenvalue weighted by Gasteiger charge is -2.41. The van der Waals surface area contributed by atoms with E-state index in [-0.39, 0.29) is 12.5 Å². The van der Waals surface area contributed by atoms with Gasteiger partial charge in [-0.25, -0.2) is 9.98 Å². The number of halogens is 3. The van der Waals surface area contributed by atoms with Gasteiger partial charge in [0, 0.05) is 43.7 Å². The van der Waals surface area contributed by atoms with Crippen molar-refractivity contribution in [2.24, 2.45) is 9.98 Å². The normalized spacial score (nSPS) is 29.2. The fraction of sp³-hybridized carbons (Fsp3) is 0.500. The number of fused-ring (bicyclic) bond motifs is 3. The highest BCUT2D eigenvalue weighted by Gasteiger charge is 2.46. The fourth-order valence-corrected chi connectivity index (χ4v) is 4.92. The van der Waals surface area contributed by atoms with Gasteiger partial charge in [-0.2, -0.15) is 13.2 Å². The second-order valence-corrected chi connectivity index (χ2v) is 8.53. The summed E-state index contributed by atoms with van der Waals surface area (Å²) in [6.45, 7) is 1.77. The number of hydrogen-bond acceptors (Lipinski definition) is 6. The van der Waals surface area contributed by atoms with Gasteiger partial charge < -0.3 is 14.9 Å². The zero-order valence-corrected chi connectivity index (χ0v) is 17.0. The van der Waals surface area contributed by atoms with Crippen LogP contribution in [0.2, 0.25) is 0 Å². The molecule has 4 heterocycles. The molecule has 0 spiro atoms. The molecule has 0 saturated carbocycles. The van der Waals surface area contributed by atoms with E-state index >= 15 is 0 Å². The second kappa shape index (κ2) is 7.56. The van der Waals surface area contributed by atoms with Gasteiger partial charge in [-0.05, 0) is 31.5 Å². The minimum absolute atomic E-state index is 0.0321. The van der Waals surface area contributed by atoms with Crippen LogP contribution in [-0.4, -0.2) is 58.6 Å². The molecule has 0 radical (unpaired) electrons. The van der Waals surface area contributed by atoms with Crippen molar-refractivity contribution in [2.75, 3.05) is 24.5 Å². The molecule has 1 fully saturated rings. The molecule has 5 rings (SSSR count). The maximum Gasteiger partial charge on any atom is 0.389 e. The summed E-state index contributed by atoms with van der Waals surface area (Å²) in [7, 11) is 0. The van der Waals surface area contributed by atoms with E-state index in [1.165, 1.54) is 0 Å². The van der Waals surface area contributed by atoms with Crippen LogP contribution in [0.25, 0.3) is 6.08 Å². The zero-order chi connectivity index (χ0) is 21.6. The van der Waals surface area contributed by atoms with Crippen LogP contribution in [0, 0.1) is 0 Å². The molecule has 3 atom stereocenters. The van der Waals surface area contributed by atoms with Gasteiger partial charge in [0.05, 0.1) is 11.9 Å². The molecule has 164 valence electrons. The summed E-state index contributed by atoms with van der Waals surface area (Å²) in [5.41, 5.74) is 1.26. The van der Waals surface area contributed by atoms with Gasteiger partial charge in [-0.1, -0.05) is 18.2 Å². The molecule has 0 aromatic carbocycles. The van der Waals surface area contributed by atoms with Crippen molar-refractivity contribution in [3.63, 3.8) is 0 Å². The first kappa shape index (κ1) is 20.4. The second-order valence-electron chi connectivity index (χ2n) is 8.53. The van der Waals surface area contributed by atoms with Crippen molar-refractivity contribution in [2.45, 2.75) is 49.7 Å². The number of hydrogen-bond donors (Lipinski definition) is 1. The Kier molecular flexibility index (Phi) is 4.97. The van der Waals surface area contributed by atoms with Gasteiger partial charge in [-0.15, -0.1) is 0 Å². The number of likely N-dealkylation sites (tertiary alicyclic amines) is 1. The number of allylic oxidation sites excluding steroid dienone is 2. The Bertz CT molecular complexity index is 1080. The Morgan fingerprint density at radius 2 is 2.13 bits per heavy atom. The average molecular weight is 431 g/mol. The molecule has 4 aliphatic rings. The summed E-state index contributed by atoms with van der Waals surface area (Å²) in [5.74, 6) is 0. The fourth-order valence-electron chi connectivity index (χ4n) is 4.92. The van der Waals surface area contributed by atoms with E-state index in [1.54, 1.807) is 18.5 Å². The first-order valence-corrected chi connectivity index (χ1v) is 10.6. The minimum atomic E-state index is -4.12. The van der Waals surface area contributed by atoms with Crippen LogP contribution >= 0.6 is 0 Å². The first-order chi connectivity index (χ1) is 14.8. The van der Waals surface area contributed by atoms with Crippen molar-refractivity contribution in [3.8, 4) is 0 Å². The maximum atomic E-state index is 12.5. The number of aromatic nitrogens is 1. The van der Waals surface area contributed by atoms with Crippen molar-refractivity contribution in [1.82, 2.24) is 9.88 Å². The number of rotatable bonds is 5. The summed E-state index contributed by atoms with van der Waals surface area (Å²) in [6, 6.07) is 0.0321. The topological polar surface area (TPSA) is 64.3 Å². The summed E-state index contributed by atoms with van der Waals surface area (Å²) < 4.78 is 37.6. The third kappa shape index (κ3) is 3.80. The van der Waals surface area contributed by atoms with Crippen molar-refractivity contribution in [1.29, 1.82) is 0 Å². The van der Waals surface area contributed by atoms with Crippen LogP contribution < -0.4 is 15.7 Å². The molecule has 1 saturated heterocycles. The van der Waals surface area contributed by atoms with Gasteiger partial charge in [-0.3, -0.25) is 4.99 Å². The van der Waals surface area contributed by atoms with E-state index in [9.17, 15) is 18.3 Å². The van der Waals surface area contributed by atoms with Crippen molar-refractivity contribution < 1.29 is 18.3 Å². The van der Waals surface area contributed by atoms with E-state index in [0.717, 1.165) is 29.6 Å². The molecule has 1 aromatic rings. The standard InChI is InChI=1S/C22H24F3N5O/c23-22(24,25)9-4-11-29-12-6-15(14-29)30-18-16-5-10-26-19(16)27-13-17(18)28-20(30)21(31)7-2-1-3-8-21/h1-3,5,7,10,13,15,20,31H,4,6,8-9,11-12,14H2. The molecule has 0 amide bonds. The molecule has 0 bridgehead atoms. The van der Waals surface area contributed by atoms with Crippen LogP contribution in [0.4, 0.5) is 18.9 Å². The average Bonchev–Trinajstić information content (AvgIpc) is 3.44. The Morgan fingerprint density at radius 1 is 1.26 bits per heavy atom. The predicted molar refractivity (Wildman–Crippen MR) is 110 cm³/mol. The summed E-state index contributed by atoms with van der Waals surface area (Å²) in [4.78, 5) is 17.8. The zero-order valence-electron chi connectivity index (χ0n) is 17.0. The molecular weight excluding hydrogens is 407 g/mol. The largest absolute Gasteiger partial charge is 0.389 e. The molecule has 3 aliphatic heterocycles. The minimum Gasteiger partial charge on any atom is -0.381 e. The Labute approximate surface area is 177 Å². The van der Waals surface area contributed by atoms with Gasteiger partial charge in [0.25, 0.3) is 0 Å². The number of nitrogens with zero attached hydrogens (tertiary/aromatic N) is 5. The van der Waals surface area contributed by atoms with E-state index in [4.69, 9.17) is 4.99 Å². The molecule has 6 nitrogen and oxygen atoms in total. The van der Waals surface area contributed by atoms with E-state index in [0.29, 0.717) is 25.0 Å². The molecule has 31 heavy (non-hydrogen) atoms. The highest BCUT2D eigenvalue weighted by Crippen LogP contribution is 2.37. The number of anilines is 1. The quantitative estimate of drug-likeness (QED) is 0.776. The summed E-state index contributed by atoms with van der Waals surface area (Å²) in [5, 5.41) is 12.2. The highest BCUT2D eigenvalue weighted by molar-refractivity contribution is 5.70. The van der Waals surface area contributed by atoms with Gasteiger partial charge in [0.2, 0.25) is 0 Å². The molecular formula is C22H24F3N5O. The number of pyridine rings is 1. The number of alkyl halides is 3. The monoisotopic (exact) mass is 431 g/mol. The smallest absolute Gasteiger partial charge is 0.381 e. The van der Waals surface area contributed by atoms with Crippen molar-refractivity contribution >= 4 is 11.8 Å².